The van der Waals surface area contributed by atoms with Gasteiger partial charge in [-0.05, 0) is 26.3 Å². The molecule has 0 aliphatic carbocycles. The molecule has 2 N–H and O–H groups in total. The normalized spacial score (nSPS) is 11.8. The number of amides is 1. The van der Waals surface area contributed by atoms with Gasteiger partial charge >= 0.3 is 17.1 Å². The summed E-state index contributed by atoms with van der Waals surface area (Å²) < 4.78 is 10.0. The van der Waals surface area contributed by atoms with Gasteiger partial charge in [0.2, 0.25) is 0 Å². The van der Waals surface area contributed by atoms with Crippen molar-refractivity contribution in [2.75, 3.05) is 19.0 Å². The average molecular weight is 429 g/mol. The molecule has 160 valence electrons. The van der Waals surface area contributed by atoms with Gasteiger partial charge in [-0.1, -0.05) is 42.1 Å². The van der Waals surface area contributed by atoms with Crippen LogP contribution in [0.5, 0.6) is 0 Å². The van der Waals surface area contributed by atoms with Gasteiger partial charge in [0.15, 0.2) is 11.7 Å². The van der Waals surface area contributed by atoms with E-state index in [1.165, 1.54) is 13.8 Å². The minimum absolute atomic E-state index is 0.0194. The smallest absolute Gasteiger partial charge is 0.464 e. The highest BCUT2D eigenvalue weighted by atomic mass is 32.2. The van der Waals surface area contributed by atoms with E-state index in [0.717, 1.165) is 17.3 Å². The molecule has 1 aromatic rings. The molecule has 0 bridgehead atoms. The summed E-state index contributed by atoms with van der Waals surface area (Å²) in [6.07, 6.45) is -0.829. The molecule has 0 heterocycles. The summed E-state index contributed by atoms with van der Waals surface area (Å²) >= 11 is 0.762. The molecular formula is C18H25N2O8S+. The molecule has 29 heavy (non-hydrogen) atoms. The summed E-state index contributed by atoms with van der Waals surface area (Å²) in [5, 5.41) is 9.75. The molecular weight excluding hydrogens is 404 g/mol. The molecule has 0 aromatic heterocycles. The van der Waals surface area contributed by atoms with Crippen LogP contribution in [0.3, 0.4) is 0 Å². The van der Waals surface area contributed by atoms with Crippen LogP contribution in [0.1, 0.15) is 26.3 Å². The van der Waals surface area contributed by atoms with Gasteiger partial charge in [-0.25, -0.2) is 14.8 Å². The van der Waals surface area contributed by atoms with E-state index in [4.69, 9.17) is 14.7 Å². The van der Waals surface area contributed by atoms with E-state index in [1.807, 2.05) is 6.07 Å². The highest BCUT2D eigenvalue weighted by molar-refractivity contribution is 8.13. The second kappa shape index (κ2) is 11.9. The summed E-state index contributed by atoms with van der Waals surface area (Å²) in [4.78, 5) is 51.3. The first-order chi connectivity index (χ1) is 13.7. The number of benzene rings is 1. The Morgan fingerprint density at radius 3 is 2.45 bits per heavy atom. The van der Waals surface area contributed by atoms with Crippen molar-refractivity contribution >= 4 is 28.9 Å². The van der Waals surface area contributed by atoms with Crippen LogP contribution in [-0.2, 0) is 30.5 Å². The molecule has 1 aromatic carbocycles. The van der Waals surface area contributed by atoms with Gasteiger partial charge in [-0.15, -0.1) is 0 Å². The van der Waals surface area contributed by atoms with E-state index in [-0.39, 0.29) is 25.6 Å². The Kier molecular flexibility index (Phi) is 9.93. The maximum absolute atomic E-state index is 12.3. The molecule has 1 atom stereocenters. The van der Waals surface area contributed by atoms with Gasteiger partial charge in [0.25, 0.3) is 0 Å². The molecule has 0 saturated carbocycles. The molecule has 11 heteroatoms. The standard InChI is InChI=1S/C18H24N2O8S/c1-4-26-15(21)14(11-29-16(22)18(2,3)12-28-20(24)25)19-17(23)27-10-13-8-6-5-7-9-13/h5-9,14H,4,10-12H2,1-3H3,(H-,19,23,24,25)/p+1/t14-/m0/s1. The number of ether oxygens (including phenoxy) is 2. The number of alkyl carbamates (subject to hydrolysis) is 1. The minimum Gasteiger partial charge on any atom is -0.464 e. The van der Waals surface area contributed by atoms with E-state index in [0.29, 0.717) is 0 Å². The topological polar surface area (TPSA) is 131 Å². The lowest BCUT2D eigenvalue weighted by Crippen LogP contribution is -2.44. The average Bonchev–Trinajstić information content (AvgIpc) is 2.68. The molecule has 0 fully saturated rings. The molecule has 10 nitrogen and oxygen atoms in total. The monoisotopic (exact) mass is 429 g/mol. The number of nitrogens with zero attached hydrogens (tertiary/aromatic N) is 1. The van der Waals surface area contributed by atoms with Crippen LogP contribution >= 0.6 is 11.8 Å². The van der Waals surface area contributed by atoms with E-state index in [1.54, 1.807) is 31.2 Å². The SMILES string of the molecule is CCOC(=O)[C@H](CSC(=O)C(C)(C)CO[N+](=O)O)NC(=O)OCc1ccccc1. The molecule has 0 radical (unpaired) electrons. The van der Waals surface area contributed by atoms with Crippen LogP contribution in [0.4, 0.5) is 4.79 Å². The number of rotatable bonds is 11. The predicted octanol–water partition coefficient (Wildman–Crippen LogP) is 2.23. The number of hydrogen-bond acceptors (Lipinski definition) is 8. The zero-order valence-corrected chi connectivity index (χ0v) is 17.3. The fourth-order valence-corrected chi connectivity index (χ4v) is 2.94. The second-order valence-corrected chi connectivity index (χ2v) is 7.50. The first kappa shape index (κ1) is 24.2. The fraction of sp³-hybridized carbons (Fsp3) is 0.500. The van der Waals surface area contributed by atoms with Crippen molar-refractivity contribution in [3.8, 4) is 0 Å². The van der Waals surface area contributed by atoms with E-state index >= 15 is 0 Å². The molecule has 0 aliphatic rings. The Morgan fingerprint density at radius 2 is 1.86 bits per heavy atom. The van der Waals surface area contributed by atoms with Crippen LogP contribution in [0.25, 0.3) is 0 Å². The Morgan fingerprint density at radius 1 is 1.21 bits per heavy atom. The Hall–Kier alpha value is -2.82. The van der Waals surface area contributed by atoms with Gasteiger partial charge in [0.05, 0.1) is 12.0 Å². The molecule has 0 aliphatic heterocycles. The summed E-state index contributed by atoms with van der Waals surface area (Å²) in [5.41, 5.74) is -0.346. The second-order valence-electron chi connectivity index (χ2n) is 6.50. The van der Waals surface area contributed by atoms with Gasteiger partial charge in [-0.2, -0.15) is 4.84 Å². The number of carbonyl (C=O) groups excluding carboxylic acids is 3. The number of nitrogens with one attached hydrogen (secondary N) is 1. The van der Waals surface area contributed by atoms with Crippen LogP contribution in [0, 0.1) is 10.3 Å². The first-order valence-electron chi connectivity index (χ1n) is 8.76. The highest BCUT2D eigenvalue weighted by Crippen LogP contribution is 2.25. The molecule has 0 unspecified atom stereocenters. The number of thioether (sulfide) groups is 1. The van der Waals surface area contributed by atoms with Crippen molar-refractivity contribution in [1.82, 2.24) is 5.32 Å². The van der Waals surface area contributed by atoms with Gasteiger partial charge < -0.3 is 14.8 Å². The highest BCUT2D eigenvalue weighted by Gasteiger charge is 2.34. The van der Waals surface area contributed by atoms with Crippen LogP contribution in [0.2, 0.25) is 0 Å². The van der Waals surface area contributed by atoms with Crippen LogP contribution in [0.15, 0.2) is 30.3 Å². The third kappa shape index (κ3) is 9.28. The van der Waals surface area contributed by atoms with Crippen LogP contribution in [-0.4, -0.2) is 52.5 Å². The van der Waals surface area contributed by atoms with E-state index in [2.05, 4.69) is 10.2 Å². The van der Waals surface area contributed by atoms with Crippen molar-refractivity contribution in [3.63, 3.8) is 0 Å². The Balaban J connectivity index is 2.63. The van der Waals surface area contributed by atoms with Gasteiger partial charge in [0.1, 0.15) is 17.6 Å². The zero-order valence-electron chi connectivity index (χ0n) is 16.5. The largest absolute Gasteiger partial charge is 0.475 e. The third-order valence-electron chi connectivity index (χ3n) is 3.55. The zero-order chi connectivity index (χ0) is 21.9. The quantitative estimate of drug-likeness (QED) is 0.401. The number of carbonyl (C=O) groups is 3. The van der Waals surface area contributed by atoms with Crippen molar-refractivity contribution in [1.29, 1.82) is 0 Å². The number of esters is 1. The summed E-state index contributed by atoms with van der Waals surface area (Å²) in [5.74, 6) is -0.818. The third-order valence-corrected chi connectivity index (χ3v) is 4.86. The van der Waals surface area contributed by atoms with Gasteiger partial charge in [0, 0.05) is 5.75 Å². The Labute approximate surface area is 172 Å². The van der Waals surface area contributed by atoms with Crippen molar-refractivity contribution in [2.24, 2.45) is 5.41 Å². The molecule has 0 spiro atoms. The van der Waals surface area contributed by atoms with E-state index < -0.39 is 33.7 Å². The van der Waals surface area contributed by atoms with Crippen LogP contribution < -0.4 is 5.32 Å². The van der Waals surface area contributed by atoms with Gasteiger partial charge in [-0.3, -0.25) is 4.79 Å². The summed E-state index contributed by atoms with van der Waals surface area (Å²) in [7, 11) is 0. The molecule has 1 rings (SSSR count). The first-order valence-corrected chi connectivity index (χ1v) is 9.74. The number of hydrogen-bond donors (Lipinski definition) is 2. The van der Waals surface area contributed by atoms with Crippen molar-refractivity contribution in [2.45, 2.75) is 33.4 Å². The lowest BCUT2D eigenvalue weighted by atomic mass is 9.97. The predicted molar refractivity (Wildman–Crippen MR) is 103 cm³/mol. The Bertz CT molecular complexity index is 711. The van der Waals surface area contributed by atoms with Crippen molar-refractivity contribution in [3.05, 3.63) is 40.8 Å². The molecule has 1 amide bonds. The van der Waals surface area contributed by atoms with E-state index in [9.17, 15) is 19.3 Å². The molecule has 0 saturated heterocycles. The summed E-state index contributed by atoms with van der Waals surface area (Å²) in [6, 6.07) is 7.88. The lowest BCUT2D eigenvalue weighted by molar-refractivity contribution is -0.976. The maximum Gasteiger partial charge on any atom is 0.475 e. The summed E-state index contributed by atoms with van der Waals surface area (Å²) in [6.45, 7) is 4.38. The fourth-order valence-electron chi connectivity index (χ4n) is 1.95. The maximum atomic E-state index is 12.3. The lowest BCUT2D eigenvalue weighted by Gasteiger charge is -2.21. The minimum atomic E-state index is -1.12. The van der Waals surface area contributed by atoms with Crippen molar-refractivity contribution < 1.29 is 39.0 Å².